The second-order valence-electron chi connectivity index (χ2n) is 3.78. The van der Waals surface area contributed by atoms with Crippen molar-refractivity contribution in [3.05, 3.63) is 32.8 Å². The molecule has 3 N–H and O–H groups in total. The lowest BCUT2D eigenvalue weighted by Gasteiger charge is -2.18. The van der Waals surface area contributed by atoms with E-state index in [1.165, 1.54) is 0 Å². The van der Waals surface area contributed by atoms with Crippen LogP contribution in [0.1, 0.15) is 24.8 Å². The van der Waals surface area contributed by atoms with Crippen LogP contribution in [0.4, 0.5) is 0 Å². The molecule has 90 valence electrons. The average Bonchev–Trinajstić information content (AvgIpc) is 2.24. The van der Waals surface area contributed by atoms with E-state index in [1.54, 1.807) is 12.1 Å². The van der Waals surface area contributed by atoms with Crippen molar-refractivity contribution < 1.29 is 5.11 Å². The molecule has 0 radical (unpaired) electrons. The van der Waals surface area contributed by atoms with Crippen molar-refractivity contribution in [3.63, 3.8) is 0 Å². The van der Waals surface area contributed by atoms with Gasteiger partial charge in [-0.2, -0.15) is 0 Å². The molecule has 0 saturated carbocycles. The number of nitrogens with two attached hydrogens (primary N) is 1. The minimum Gasteiger partial charge on any atom is -0.392 e. The highest BCUT2D eigenvalue weighted by atomic mass is 35.5. The van der Waals surface area contributed by atoms with Crippen LogP contribution in [0.15, 0.2) is 12.1 Å². The van der Waals surface area contributed by atoms with Crippen LogP contribution in [0, 0.1) is 0 Å². The number of hydrogen-bond donors (Lipinski definition) is 2. The maximum Gasteiger partial charge on any atom is 0.0668 e. The fourth-order valence-electron chi connectivity index (χ4n) is 1.62. The fourth-order valence-corrected chi connectivity index (χ4v) is 2.52. The van der Waals surface area contributed by atoms with Crippen LogP contribution >= 0.6 is 34.8 Å². The van der Waals surface area contributed by atoms with E-state index in [9.17, 15) is 5.11 Å². The predicted octanol–water partition coefficient (Wildman–Crippen LogP) is 3.46. The molecular formula is C11H14Cl3NO. The van der Waals surface area contributed by atoms with Crippen LogP contribution in [-0.2, 0) is 0 Å². The Balaban J connectivity index is 2.98. The van der Waals surface area contributed by atoms with E-state index in [1.807, 2.05) is 6.92 Å². The molecular weight excluding hydrogens is 268 g/mol. The molecule has 0 aromatic heterocycles. The van der Waals surface area contributed by atoms with Gasteiger partial charge in [-0.15, -0.1) is 0 Å². The Labute approximate surface area is 110 Å². The number of hydrogen-bond acceptors (Lipinski definition) is 2. The zero-order chi connectivity index (χ0) is 12.3. The monoisotopic (exact) mass is 281 g/mol. The predicted molar refractivity (Wildman–Crippen MR) is 69.6 cm³/mol. The van der Waals surface area contributed by atoms with Crippen molar-refractivity contribution >= 4 is 34.8 Å². The molecule has 5 heteroatoms. The molecule has 0 aliphatic heterocycles. The molecule has 16 heavy (non-hydrogen) atoms. The fraction of sp³-hybridized carbons (Fsp3) is 0.455. The summed E-state index contributed by atoms with van der Waals surface area (Å²) in [5.41, 5.74) is 6.13. The molecule has 0 aliphatic rings. The molecule has 0 aliphatic carbocycles. The first kappa shape index (κ1) is 14.1. The number of halogens is 3. The van der Waals surface area contributed by atoms with Gasteiger partial charge in [0.05, 0.1) is 16.1 Å². The normalized spacial score (nSPS) is 14.9. The zero-order valence-electron chi connectivity index (χ0n) is 8.88. The molecule has 0 fully saturated rings. The van der Waals surface area contributed by atoms with E-state index < -0.39 is 6.10 Å². The van der Waals surface area contributed by atoms with Crippen molar-refractivity contribution in [3.8, 4) is 0 Å². The second-order valence-corrected chi connectivity index (χ2v) is 4.98. The molecule has 1 rings (SSSR count). The Morgan fingerprint density at radius 2 is 1.81 bits per heavy atom. The molecule has 0 saturated heterocycles. The number of aliphatic hydroxyl groups excluding tert-OH is 1. The number of aliphatic hydroxyl groups is 1. The van der Waals surface area contributed by atoms with Crippen molar-refractivity contribution in [2.45, 2.75) is 25.4 Å². The molecule has 0 amide bonds. The van der Waals surface area contributed by atoms with E-state index in [-0.39, 0.29) is 12.5 Å². The summed E-state index contributed by atoms with van der Waals surface area (Å²) in [4.78, 5) is 0. The average molecular weight is 283 g/mol. The molecule has 0 spiro atoms. The van der Waals surface area contributed by atoms with Gasteiger partial charge in [-0.05, 0) is 30.0 Å². The molecule has 2 unspecified atom stereocenters. The Morgan fingerprint density at radius 1 is 1.25 bits per heavy atom. The highest BCUT2D eigenvalue weighted by molar-refractivity contribution is 6.44. The maximum absolute atomic E-state index is 9.50. The summed E-state index contributed by atoms with van der Waals surface area (Å²) < 4.78 is 0. The van der Waals surface area contributed by atoms with Crippen LogP contribution in [0.25, 0.3) is 0 Å². The topological polar surface area (TPSA) is 46.2 Å². The summed E-state index contributed by atoms with van der Waals surface area (Å²) >= 11 is 18.1. The molecule has 1 aromatic rings. The van der Waals surface area contributed by atoms with E-state index in [0.29, 0.717) is 21.5 Å². The lowest BCUT2D eigenvalue weighted by molar-refractivity contribution is 0.165. The van der Waals surface area contributed by atoms with Crippen molar-refractivity contribution in [1.29, 1.82) is 0 Å². The molecule has 0 bridgehead atoms. The van der Waals surface area contributed by atoms with Gasteiger partial charge >= 0.3 is 0 Å². The SMILES string of the molecule is CC(CC(O)CN)c1c(Cl)ccc(Cl)c1Cl. The Kier molecular flexibility index (Phi) is 5.35. The summed E-state index contributed by atoms with van der Waals surface area (Å²) in [5, 5.41) is 11.0. The zero-order valence-corrected chi connectivity index (χ0v) is 11.1. The van der Waals surface area contributed by atoms with Crippen molar-refractivity contribution in [1.82, 2.24) is 0 Å². The van der Waals surface area contributed by atoms with Gasteiger partial charge in [0.25, 0.3) is 0 Å². The van der Waals surface area contributed by atoms with Gasteiger partial charge in [0.1, 0.15) is 0 Å². The number of benzene rings is 1. The summed E-state index contributed by atoms with van der Waals surface area (Å²) in [6.45, 7) is 2.16. The third-order valence-electron chi connectivity index (χ3n) is 2.47. The Morgan fingerprint density at radius 3 is 2.38 bits per heavy atom. The van der Waals surface area contributed by atoms with Gasteiger partial charge in [-0.25, -0.2) is 0 Å². The maximum atomic E-state index is 9.50. The van der Waals surface area contributed by atoms with Gasteiger partial charge in [-0.1, -0.05) is 41.7 Å². The summed E-state index contributed by atoms with van der Waals surface area (Å²) in [6.07, 6.45) is -0.0443. The van der Waals surface area contributed by atoms with Gasteiger partial charge in [0.15, 0.2) is 0 Å². The van der Waals surface area contributed by atoms with Crippen LogP contribution in [0.3, 0.4) is 0 Å². The first-order valence-corrected chi connectivity index (χ1v) is 6.12. The minimum absolute atomic E-state index is 0.0113. The van der Waals surface area contributed by atoms with Gasteiger partial charge < -0.3 is 10.8 Å². The lowest BCUT2D eigenvalue weighted by atomic mass is 9.95. The number of rotatable bonds is 4. The van der Waals surface area contributed by atoms with Crippen molar-refractivity contribution in [2.75, 3.05) is 6.54 Å². The molecule has 2 nitrogen and oxygen atoms in total. The third kappa shape index (κ3) is 3.25. The van der Waals surface area contributed by atoms with E-state index in [2.05, 4.69) is 0 Å². The van der Waals surface area contributed by atoms with Crippen molar-refractivity contribution in [2.24, 2.45) is 5.73 Å². The minimum atomic E-state index is -0.555. The van der Waals surface area contributed by atoms with Crippen LogP contribution in [0.2, 0.25) is 15.1 Å². The third-order valence-corrected chi connectivity index (χ3v) is 3.62. The largest absolute Gasteiger partial charge is 0.392 e. The van der Waals surface area contributed by atoms with E-state index >= 15 is 0 Å². The Bertz CT molecular complexity index is 370. The van der Waals surface area contributed by atoms with Crippen LogP contribution in [0.5, 0.6) is 0 Å². The highest BCUT2D eigenvalue weighted by Crippen LogP contribution is 2.37. The summed E-state index contributed by atoms with van der Waals surface area (Å²) in [6, 6.07) is 3.36. The molecule has 2 atom stereocenters. The second kappa shape index (κ2) is 6.08. The summed E-state index contributed by atoms with van der Waals surface area (Å²) in [7, 11) is 0. The first-order valence-electron chi connectivity index (χ1n) is 4.98. The standard InChI is InChI=1S/C11H14Cl3NO/c1-6(4-7(16)5-15)10-8(12)2-3-9(13)11(10)14/h2-3,6-7,16H,4-5,15H2,1H3. The quantitative estimate of drug-likeness (QED) is 0.831. The Hall–Kier alpha value is 0.01000. The smallest absolute Gasteiger partial charge is 0.0668 e. The van der Waals surface area contributed by atoms with Crippen LogP contribution < -0.4 is 5.73 Å². The van der Waals surface area contributed by atoms with Crippen LogP contribution in [-0.4, -0.2) is 17.8 Å². The highest BCUT2D eigenvalue weighted by Gasteiger charge is 2.18. The van der Waals surface area contributed by atoms with Gasteiger partial charge in [0, 0.05) is 11.6 Å². The molecule has 1 aromatic carbocycles. The van der Waals surface area contributed by atoms with Gasteiger partial charge in [0.2, 0.25) is 0 Å². The van der Waals surface area contributed by atoms with E-state index in [0.717, 1.165) is 5.56 Å². The lowest BCUT2D eigenvalue weighted by Crippen LogP contribution is -2.21. The first-order chi connectivity index (χ1) is 7.47. The molecule has 0 heterocycles. The van der Waals surface area contributed by atoms with Gasteiger partial charge in [-0.3, -0.25) is 0 Å². The summed E-state index contributed by atoms with van der Waals surface area (Å²) in [5.74, 6) is 0.0113. The van der Waals surface area contributed by atoms with E-state index in [4.69, 9.17) is 40.5 Å².